The van der Waals surface area contributed by atoms with E-state index in [9.17, 15) is 14.9 Å². The molecule has 7 nitrogen and oxygen atoms in total. The highest BCUT2D eigenvalue weighted by Gasteiger charge is 2.15. The summed E-state index contributed by atoms with van der Waals surface area (Å²) in [7, 11) is 1.39. The van der Waals surface area contributed by atoms with Crippen LogP contribution in [-0.4, -0.2) is 35.3 Å². The summed E-state index contributed by atoms with van der Waals surface area (Å²) >= 11 is 1.16. The van der Waals surface area contributed by atoms with Crippen LogP contribution in [0, 0.1) is 21.4 Å². The zero-order valence-corrected chi connectivity index (χ0v) is 12.0. The van der Waals surface area contributed by atoms with Gasteiger partial charge in [-0.05, 0) is 17.7 Å². The molecule has 110 valence electrons. The maximum atomic E-state index is 11.4. The fourth-order valence-corrected chi connectivity index (χ4v) is 2.25. The van der Waals surface area contributed by atoms with Gasteiger partial charge in [0.1, 0.15) is 11.6 Å². The predicted octanol–water partition coefficient (Wildman–Crippen LogP) is 1.33. The summed E-state index contributed by atoms with van der Waals surface area (Å²) in [6, 6.07) is 6.14. The number of nitrogens with zero attached hydrogens (tertiary/aromatic N) is 2. The summed E-state index contributed by atoms with van der Waals surface area (Å²) in [5, 5.41) is 31.0. The van der Waals surface area contributed by atoms with Crippen molar-refractivity contribution in [2.45, 2.75) is 4.90 Å². The molecule has 0 spiro atoms. The molecule has 0 saturated heterocycles. The van der Waals surface area contributed by atoms with Crippen LogP contribution in [0.4, 0.5) is 5.69 Å². The first-order valence-electron chi connectivity index (χ1n) is 5.89. The average Bonchev–Trinajstić information content (AvgIpc) is 2.50. The van der Waals surface area contributed by atoms with E-state index in [1.807, 2.05) is 0 Å². The van der Waals surface area contributed by atoms with Gasteiger partial charge in [0.2, 0.25) is 0 Å². The molecule has 8 heteroatoms. The lowest BCUT2D eigenvalue weighted by molar-refractivity contribution is -0.387. The van der Waals surface area contributed by atoms with Gasteiger partial charge in [0.25, 0.3) is 11.6 Å². The van der Waals surface area contributed by atoms with E-state index in [0.717, 1.165) is 11.8 Å². The molecule has 1 aromatic rings. The SMILES string of the molecule is CNC(=O)C(C#N)=Cc1ccc(SCCO)c([N+](=O)[O-])c1. The fourth-order valence-electron chi connectivity index (χ4n) is 1.49. The molecule has 0 heterocycles. The largest absolute Gasteiger partial charge is 0.396 e. The number of rotatable bonds is 6. The number of carbonyl (C=O) groups is 1. The van der Waals surface area contributed by atoms with E-state index in [1.54, 1.807) is 12.1 Å². The molecule has 1 rings (SSSR count). The molecule has 0 aromatic heterocycles. The van der Waals surface area contributed by atoms with E-state index in [-0.39, 0.29) is 17.9 Å². The molecule has 0 saturated carbocycles. The summed E-state index contributed by atoms with van der Waals surface area (Å²) in [5.41, 5.74) is 0.120. The Balaban J connectivity index is 3.19. The molecule has 0 aliphatic rings. The summed E-state index contributed by atoms with van der Waals surface area (Å²) in [6.45, 7) is -0.0846. The van der Waals surface area contributed by atoms with Gasteiger partial charge in [-0.2, -0.15) is 5.26 Å². The number of hydrogen-bond acceptors (Lipinski definition) is 6. The van der Waals surface area contributed by atoms with Gasteiger partial charge < -0.3 is 10.4 Å². The van der Waals surface area contributed by atoms with Gasteiger partial charge in [0.05, 0.1) is 16.4 Å². The minimum atomic E-state index is -0.557. The van der Waals surface area contributed by atoms with Crippen molar-refractivity contribution in [3.8, 4) is 6.07 Å². The topological polar surface area (TPSA) is 116 Å². The minimum Gasteiger partial charge on any atom is -0.396 e. The number of hydrogen-bond donors (Lipinski definition) is 2. The maximum absolute atomic E-state index is 11.4. The normalized spacial score (nSPS) is 10.8. The van der Waals surface area contributed by atoms with Crippen LogP contribution in [-0.2, 0) is 4.79 Å². The van der Waals surface area contributed by atoms with E-state index >= 15 is 0 Å². The van der Waals surface area contributed by atoms with Crippen molar-refractivity contribution in [1.29, 1.82) is 5.26 Å². The highest BCUT2D eigenvalue weighted by Crippen LogP contribution is 2.30. The zero-order valence-electron chi connectivity index (χ0n) is 11.2. The lowest BCUT2D eigenvalue weighted by atomic mass is 10.1. The summed E-state index contributed by atoms with van der Waals surface area (Å²) in [4.78, 5) is 22.3. The van der Waals surface area contributed by atoms with Gasteiger partial charge in [-0.25, -0.2) is 0 Å². The van der Waals surface area contributed by atoms with Gasteiger partial charge in [0.15, 0.2) is 0 Å². The van der Waals surface area contributed by atoms with Gasteiger partial charge in [-0.15, -0.1) is 11.8 Å². The number of nitrogens with one attached hydrogen (secondary N) is 1. The number of benzene rings is 1. The van der Waals surface area contributed by atoms with Gasteiger partial charge in [-0.1, -0.05) is 6.07 Å². The van der Waals surface area contributed by atoms with Crippen molar-refractivity contribution >= 4 is 29.4 Å². The highest BCUT2D eigenvalue weighted by molar-refractivity contribution is 7.99. The maximum Gasteiger partial charge on any atom is 0.283 e. The van der Waals surface area contributed by atoms with Gasteiger partial charge in [0, 0.05) is 18.9 Å². The third kappa shape index (κ3) is 4.59. The standard InChI is InChI=1S/C13H13N3O4S/c1-15-13(18)10(8-14)6-9-2-3-12(21-5-4-17)11(7-9)16(19)20/h2-3,6-7,17H,4-5H2,1H3,(H,15,18). The highest BCUT2D eigenvalue weighted by atomic mass is 32.2. The van der Waals surface area contributed by atoms with E-state index in [0.29, 0.717) is 16.2 Å². The Morgan fingerprint density at radius 2 is 2.33 bits per heavy atom. The first-order chi connectivity index (χ1) is 10.0. The molecule has 1 aromatic carbocycles. The van der Waals surface area contributed by atoms with Crippen molar-refractivity contribution in [2.75, 3.05) is 19.4 Å². The lowest BCUT2D eigenvalue weighted by Crippen LogP contribution is -2.19. The second kappa shape index (κ2) is 8.04. The molecule has 0 radical (unpaired) electrons. The third-order valence-electron chi connectivity index (χ3n) is 2.43. The molecule has 21 heavy (non-hydrogen) atoms. The Labute approximate surface area is 125 Å². The van der Waals surface area contributed by atoms with Crippen molar-refractivity contribution in [2.24, 2.45) is 0 Å². The molecular weight excluding hydrogens is 294 g/mol. The Morgan fingerprint density at radius 3 is 2.86 bits per heavy atom. The molecule has 0 aliphatic carbocycles. The van der Waals surface area contributed by atoms with Crippen LogP contribution in [0.5, 0.6) is 0 Å². The first-order valence-corrected chi connectivity index (χ1v) is 6.88. The lowest BCUT2D eigenvalue weighted by Gasteiger charge is -2.03. The van der Waals surface area contributed by atoms with Crippen molar-refractivity contribution in [3.05, 3.63) is 39.4 Å². The molecule has 0 atom stereocenters. The van der Waals surface area contributed by atoms with Crippen LogP contribution in [0.15, 0.2) is 28.7 Å². The Bertz CT molecular complexity index is 622. The molecule has 0 bridgehead atoms. The van der Waals surface area contributed by atoms with Crippen LogP contribution in [0.3, 0.4) is 0 Å². The number of carbonyl (C=O) groups excluding carboxylic acids is 1. The molecule has 1 amide bonds. The van der Waals surface area contributed by atoms with E-state index in [1.165, 1.54) is 25.3 Å². The monoisotopic (exact) mass is 307 g/mol. The number of nitro benzene ring substituents is 1. The number of nitro groups is 1. The minimum absolute atomic E-state index is 0.0846. The van der Waals surface area contributed by atoms with E-state index in [2.05, 4.69) is 5.32 Å². The van der Waals surface area contributed by atoms with Crippen molar-refractivity contribution < 1.29 is 14.8 Å². The summed E-state index contributed by atoms with van der Waals surface area (Å²) in [5.74, 6) is -0.212. The van der Waals surface area contributed by atoms with Crippen LogP contribution in [0.25, 0.3) is 6.08 Å². The molecule has 0 aliphatic heterocycles. The Morgan fingerprint density at radius 1 is 1.62 bits per heavy atom. The average molecular weight is 307 g/mol. The molecular formula is C13H13N3O4S. The van der Waals surface area contributed by atoms with E-state index < -0.39 is 10.8 Å². The zero-order chi connectivity index (χ0) is 15.8. The first kappa shape index (κ1) is 16.7. The van der Waals surface area contributed by atoms with Gasteiger partial charge >= 0.3 is 0 Å². The molecule has 0 unspecified atom stereocenters. The van der Waals surface area contributed by atoms with Crippen LogP contribution in [0.2, 0.25) is 0 Å². The number of likely N-dealkylation sites (N-methyl/N-ethyl adjacent to an activating group) is 1. The molecule has 2 N–H and O–H groups in total. The predicted molar refractivity (Wildman–Crippen MR) is 78.6 cm³/mol. The summed E-state index contributed by atoms with van der Waals surface area (Å²) < 4.78 is 0. The van der Waals surface area contributed by atoms with Crippen LogP contribution in [0.1, 0.15) is 5.56 Å². The second-order valence-electron chi connectivity index (χ2n) is 3.81. The Kier molecular flexibility index (Phi) is 6.39. The molecule has 0 fully saturated rings. The summed E-state index contributed by atoms with van der Waals surface area (Å²) in [6.07, 6.45) is 1.28. The number of aliphatic hydroxyl groups is 1. The Hall–Kier alpha value is -2.37. The third-order valence-corrected chi connectivity index (χ3v) is 3.47. The van der Waals surface area contributed by atoms with Crippen LogP contribution < -0.4 is 5.32 Å². The number of aliphatic hydroxyl groups excluding tert-OH is 1. The quantitative estimate of drug-likeness (QED) is 0.269. The van der Waals surface area contributed by atoms with Crippen molar-refractivity contribution in [1.82, 2.24) is 5.32 Å². The van der Waals surface area contributed by atoms with Crippen molar-refractivity contribution in [3.63, 3.8) is 0 Å². The second-order valence-corrected chi connectivity index (χ2v) is 4.94. The number of thioether (sulfide) groups is 1. The fraction of sp³-hybridized carbons (Fsp3) is 0.231. The van der Waals surface area contributed by atoms with E-state index in [4.69, 9.17) is 10.4 Å². The number of amides is 1. The van der Waals surface area contributed by atoms with Crippen LogP contribution >= 0.6 is 11.8 Å². The number of nitriles is 1. The smallest absolute Gasteiger partial charge is 0.283 e. The van der Waals surface area contributed by atoms with Gasteiger partial charge in [-0.3, -0.25) is 14.9 Å².